The highest BCUT2D eigenvalue weighted by molar-refractivity contribution is 6.03. The first-order valence-corrected chi connectivity index (χ1v) is 8.84. The van der Waals surface area contributed by atoms with Crippen molar-refractivity contribution in [3.63, 3.8) is 0 Å². The third kappa shape index (κ3) is 3.60. The second kappa shape index (κ2) is 8.21. The van der Waals surface area contributed by atoms with Gasteiger partial charge in [-0.15, -0.1) is 0 Å². The number of carbonyl (C=O) groups excluding carboxylic acids is 1. The van der Waals surface area contributed by atoms with Crippen molar-refractivity contribution < 1.29 is 23.7 Å². The lowest BCUT2D eigenvalue weighted by molar-refractivity contribution is -0.130. The van der Waals surface area contributed by atoms with Gasteiger partial charge >= 0.3 is 0 Å². The standard InChI is InChI=1S/C21H24N2O5/c1-13(24)23-17(15-7-9-19(26-3)21(11-15)28-5)12-16(22-23)14-6-8-18(25-2)20(10-14)27-4/h6-11,17H,12H2,1-5H3. The summed E-state index contributed by atoms with van der Waals surface area (Å²) in [4.78, 5) is 12.2. The maximum atomic E-state index is 12.2. The molecule has 28 heavy (non-hydrogen) atoms. The zero-order valence-corrected chi connectivity index (χ0v) is 16.7. The Morgan fingerprint density at radius 3 is 2.04 bits per heavy atom. The lowest BCUT2D eigenvalue weighted by Gasteiger charge is -2.21. The Labute approximate surface area is 164 Å². The molecule has 2 aromatic carbocycles. The van der Waals surface area contributed by atoms with Crippen molar-refractivity contribution in [2.45, 2.75) is 19.4 Å². The molecule has 148 valence electrons. The molecule has 3 rings (SSSR count). The second-order valence-corrected chi connectivity index (χ2v) is 6.31. The third-order valence-corrected chi connectivity index (χ3v) is 4.74. The van der Waals surface area contributed by atoms with Crippen molar-refractivity contribution in [2.75, 3.05) is 28.4 Å². The Bertz CT molecular complexity index is 910. The highest BCUT2D eigenvalue weighted by Crippen LogP contribution is 2.38. The van der Waals surface area contributed by atoms with Crippen LogP contribution in [0, 0.1) is 0 Å². The predicted octanol–water partition coefficient (Wildman–Crippen LogP) is 3.42. The molecule has 0 spiro atoms. The van der Waals surface area contributed by atoms with Crippen LogP contribution in [-0.2, 0) is 4.79 Å². The molecular formula is C21H24N2O5. The fourth-order valence-electron chi connectivity index (χ4n) is 3.31. The number of nitrogens with zero attached hydrogens (tertiary/aromatic N) is 2. The fraction of sp³-hybridized carbons (Fsp3) is 0.333. The molecule has 1 unspecified atom stereocenters. The molecule has 1 aliphatic heterocycles. The molecule has 0 radical (unpaired) electrons. The van der Waals surface area contributed by atoms with Gasteiger partial charge in [0.25, 0.3) is 0 Å². The molecule has 0 aromatic heterocycles. The van der Waals surface area contributed by atoms with E-state index in [0.29, 0.717) is 29.4 Å². The Hall–Kier alpha value is -3.22. The van der Waals surface area contributed by atoms with Crippen molar-refractivity contribution >= 4 is 11.6 Å². The molecule has 1 amide bonds. The zero-order chi connectivity index (χ0) is 20.3. The van der Waals surface area contributed by atoms with Gasteiger partial charge in [0, 0.05) is 18.9 Å². The van der Waals surface area contributed by atoms with E-state index in [1.54, 1.807) is 28.4 Å². The number of amides is 1. The van der Waals surface area contributed by atoms with Crippen molar-refractivity contribution in [1.29, 1.82) is 0 Å². The van der Waals surface area contributed by atoms with Crippen LogP contribution in [0.1, 0.15) is 30.5 Å². The smallest absolute Gasteiger partial charge is 0.240 e. The first-order chi connectivity index (χ1) is 13.5. The highest BCUT2D eigenvalue weighted by atomic mass is 16.5. The van der Waals surface area contributed by atoms with Crippen LogP contribution in [-0.4, -0.2) is 45.1 Å². The lowest BCUT2D eigenvalue weighted by atomic mass is 9.97. The van der Waals surface area contributed by atoms with Crippen molar-refractivity contribution in [2.24, 2.45) is 5.10 Å². The monoisotopic (exact) mass is 384 g/mol. The third-order valence-electron chi connectivity index (χ3n) is 4.74. The van der Waals surface area contributed by atoms with Gasteiger partial charge in [-0.05, 0) is 35.9 Å². The van der Waals surface area contributed by atoms with Crippen LogP contribution in [0.25, 0.3) is 0 Å². The first-order valence-electron chi connectivity index (χ1n) is 8.84. The minimum atomic E-state index is -0.222. The van der Waals surface area contributed by atoms with Gasteiger partial charge in [-0.3, -0.25) is 4.79 Å². The maximum absolute atomic E-state index is 12.2. The lowest BCUT2D eigenvalue weighted by Crippen LogP contribution is -2.24. The number of benzene rings is 2. The molecule has 2 aromatic rings. The molecule has 1 aliphatic rings. The Balaban J connectivity index is 1.96. The summed E-state index contributed by atoms with van der Waals surface area (Å²) in [7, 11) is 6.36. The second-order valence-electron chi connectivity index (χ2n) is 6.31. The molecule has 1 heterocycles. The molecule has 7 nitrogen and oxygen atoms in total. The van der Waals surface area contributed by atoms with Crippen LogP contribution in [0.3, 0.4) is 0 Å². The maximum Gasteiger partial charge on any atom is 0.240 e. The number of ether oxygens (including phenoxy) is 4. The van der Waals surface area contributed by atoms with Gasteiger partial charge < -0.3 is 18.9 Å². The summed E-state index contributed by atoms with van der Waals surface area (Å²) >= 11 is 0. The van der Waals surface area contributed by atoms with Crippen LogP contribution < -0.4 is 18.9 Å². The number of methoxy groups -OCH3 is 4. The van der Waals surface area contributed by atoms with Gasteiger partial charge in [-0.25, -0.2) is 5.01 Å². The van der Waals surface area contributed by atoms with Gasteiger partial charge in [0.05, 0.1) is 40.2 Å². The SMILES string of the molecule is COc1ccc(C2=NN(C(C)=O)C(c3ccc(OC)c(OC)c3)C2)cc1OC. The molecule has 0 saturated carbocycles. The molecular weight excluding hydrogens is 360 g/mol. The van der Waals surface area contributed by atoms with E-state index in [2.05, 4.69) is 5.10 Å². The normalized spacial score (nSPS) is 15.8. The topological polar surface area (TPSA) is 69.6 Å². The number of hydrogen-bond donors (Lipinski definition) is 0. The largest absolute Gasteiger partial charge is 0.493 e. The van der Waals surface area contributed by atoms with E-state index in [4.69, 9.17) is 18.9 Å². The summed E-state index contributed by atoms with van der Waals surface area (Å²) in [5.41, 5.74) is 2.61. The summed E-state index contributed by atoms with van der Waals surface area (Å²) in [6.45, 7) is 1.51. The number of carbonyl (C=O) groups is 1. The molecule has 0 saturated heterocycles. The van der Waals surface area contributed by atoms with Crippen LogP contribution in [0.5, 0.6) is 23.0 Å². The van der Waals surface area contributed by atoms with Gasteiger partial charge in [0.1, 0.15) is 0 Å². The quantitative estimate of drug-likeness (QED) is 0.763. The average molecular weight is 384 g/mol. The van der Waals surface area contributed by atoms with Crippen molar-refractivity contribution in [1.82, 2.24) is 5.01 Å². The Morgan fingerprint density at radius 2 is 1.46 bits per heavy atom. The van der Waals surface area contributed by atoms with Gasteiger partial charge in [-0.1, -0.05) is 6.07 Å². The number of hydrazone groups is 1. The van der Waals surface area contributed by atoms with Crippen molar-refractivity contribution in [3.05, 3.63) is 47.5 Å². The van der Waals surface area contributed by atoms with E-state index < -0.39 is 0 Å². The van der Waals surface area contributed by atoms with Crippen LogP contribution in [0.2, 0.25) is 0 Å². The van der Waals surface area contributed by atoms with Gasteiger partial charge in [-0.2, -0.15) is 5.10 Å². The van der Waals surface area contributed by atoms with Crippen LogP contribution >= 0.6 is 0 Å². The molecule has 1 atom stereocenters. The molecule has 7 heteroatoms. The molecule has 0 aliphatic carbocycles. The first kappa shape index (κ1) is 19.5. The zero-order valence-electron chi connectivity index (χ0n) is 16.7. The van der Waals surface area contributed by atoms with E-state index in [-0.39, 0.29) is 11.9 Å². The fourth-order valence-corrected chi connectivity index (χ4v) is 3.31. The van der Waals surface area contributed by atoms with Gasteiger partial charge in [0.2, 0.25) is 5.91 Å². The summed E-state index contributed by atoms with van der Waals surface area (Å²) < 4.78 is 21.4. The Kier molecular flexibility index (Phi) is 5.73. The summed E-state index contributed by atoms with van der Waals surface area (Å²) in [6, 6.07) is 11.0. The summed E-state index contributed by atoms with van der Waals surface area (Å²) in [6.07, 6.45) is 0.574. The number of hydrogen-bond acceptors (Lipinski definition) is 6. The average Bonchev–Trinajstić information content (AvgIpc) is 3.18. The minimum Gasteiger partial charge on any atom is -0.493 e. The predicted molar refractivity (Wildman–Crippen MR) is 106 cm³/mol. The number of rotatable bonds is 6. The molecule has 0 N–H and O–H groups in total. The Morgan fingerprint density at radius 1 is 0.893 bits per heavy atom. The van der Waals surface area contributed by atoms with Crippen molar-refractivity contribution in [3.8, 4) is 23.0 Å². The summed E-state index contributed by atoms with van der Waals surface area (Å²) in [5.74, 6) is 2.38. The van der Waals surface area contributed by atoms with Crippen LogP contribution in [0.4, 0.5) is 0 Å². The van der Waals surface area contributed by atoms with Crippen LogP contribution in [0.15, 0.2) is 41.5 Å². The minimum absolute atomic E-state index is 0.129. The van der Waals surface area contributed by atoms with E-state index >= 15 is 0 Å². The van der Waals surface area contributed by atoms with E-state index in [0.717, 1.165) is 16.8 Å². The van der Waals surface area contributed by atoms with E-state index in [1.165, 1.54) is 11.9 Å². The molecule has 0 bridgehead atoms. The molecule has 0 fully saturated rings. The van der Waals surface area contributed by atoms with E-state index in [1.807, 2.05) is 36.4 Å². The van der Waals surface area contributed by atoms with Gasteiger partial charge in [0.15, 0.2) is 23.0 Å². The summed E-state index contributed by atoms with van der Waals surface area (Å²) in [5, 5.41) is 6.08. The van der Waals surface area contributed by atoms with E-state index in [9.17, 15) is 4.79 Å². The highest BCUT2D eigenvalue weighted by Gasteiger charge is 2.32.